The topological polar surface area (TPSA) is 41.0 Å². The molecular weight excluding hydrogens is 260 g/mol. The van der Waals surface area contributed by atoms with Crippen molar-refractivity contribution in [2.24, 2.45) is 0 Å². The molecule has 2 fully saturated rings. The number of anilines is 1. The van der Waals surface area contributed by atoms with E-state index in [9.17, 15) is 0 Å². The van der Waals surface area contributed by atoms with Crippen LogP contribution < -0.4 is 5.32 Å². The summed E-state index contributed by atoms with van der Waals surface area (Å²) in [6.45, 7) is 0. The fourth-order valence-electron chi connectivity index (χ4n) is 4.05. The van der Waals surface area contributed by atoms with Crippen LogP contribution in [0.2, 0.25) is 0 Å². The van der Waals surface area contributed by atoms with Gasteiger partial charge in [0.05, 0.1) is 5.52 Å². The number of rotatable bonds is 2. The van der Waals surface area contributed by atoms with Crippen LogP contribution in [0.1, 0.15) is 32.1 Å². The third-order valence-corrected chi connectivity index (χ3v) is 5.22. The van der Waals surface area contributed by atoms with Gasteiger partial charge in [0.2, 0.25) is 0 Å². The highest BCUT2D eigenvalue weighted by molar-refractivity contribution is 5.88. The number of para-hydroxylation sites is 1. The van der Waals surface area contributed by atoms with Crippen LogP contribution in [0, 0.1) is 0 Å². The first-order chi connectivity index (χ1) is 10.3. The van der Waals surface area contributed by atoms with Crippen LogP contribution in [-0.2, 0) is 0 Å². The van der Waals surface area contributed by atoms with Crippen LogP contribution in [0.4, 0.5) is 5.82 Å². The number of hydrogen-bond donors (Lipinski definition) is 1. The first kappa shape index (κ1) is 13.0. The normalized spacial score (nSPS) is 29.5. The minimum atomic E-state index is 0.537. The lowest BCUT2D eigenvalue weighted by Gasteiger charge is -2.47. The second kappa shape index (κ2) is 5.26. The van der Waals surface area contributed by atoms with Gasteiger partial charge in [0.1, 0.15) is 12.1 Å². The van der Waals surface area contributed by atoms with Gasteiger partial charge in [0.15, 0.2) is 0 Å². The quantitative estimate of drug-likeness (QED) is 0.919. The Balaban J connectivity index is 1.58. The molecule has 110 valence electrons. The monoisotopic (exact) mass is 282 g/mol. The lowest BCUT2D eigenvalue weighted by Crippen LogP contribution is -2.52. The van der Waals surface area contributed by atoms with Gasteiger partial charge in [-0.2, -0.15) is 0 Å². The summed E-state index contributed by atoms with van der Waals surface area (Å²) >= 11 is 0. The molecular formula is C17H22N4. The lowest BCUT2D eigenvalue weighted by atomic mass is 9.82. The smallest absolute Gasteiger partial charge is 0.137 e. The minimum absolute atomic E-state index is 0.537. The van der Waals surface area contributed by atoms with E-state index in [0.717, 1.165) is 28.8 Å². The van der Waals surface area contributed by atoms with E-state index >= 15 is 0 Å². The maximum atomic E-state index is 4.48. The Hall–Kier alpha value is -1.68. The minimum Gasteiger partial charge on any atom is -0.367 e. The SMILES string of the molecule is CN1C2CCCC1CC(Nc1ncnc3ccccc13)C2. The molecule has 2 aromatic rings. The number of piperidine rings is 2. The number of hydrogen-bond acceptors (Lipinski definition) is 4. The van der Waals surface area contributed by atoms with Gasteiger partial charge in [-0.15, -0.1) is 0 Å². The van der Waals surface area contributed by atoms with E-state index in [4.69, 9.17) is 0 Å². The molecule has 0 radical (unpaired) electrons. The Morgan fingerprint density at radius 1 is 1.10 bits per heavy atom. The molecule has 4 rings (SSSR count). The second-order valence-electron chi connectivity index (χ2n) is 6.46. The molecule has 4 nitrogen and oxygen atoms in total. The highest BCUT2D eigenvalue weighted by Gasteiger charge is 2.36. The molecule has 2 bridgehead atoms. The van der Waals surface area contributed by atoms with Gasteiger partial charge in [-0.05, 0) is 44.9 Å². The predicted molar refractivity (Wildman–Crippen MR) is 85.4 cm³/mol. The molecule has 1 aromatic heterocycles. The van der Waals surface area contributed by atoms with E-state index in [0.29, 0.717) is 6.04 Å². The molecule has 2 atom stereocenters. The van der Waals surface area contributed by atoms with Gasteiger partial charge in [-0.3, -0.25) is 0 Å². The molecule has 0 aliphatic carbocycles. The van der Waals surface area contributed by atoms with Crippen molar-refractivity contribution in [2.75, 3.05) is 12.4 Å². The number of benzene rings is 1. The number of nitrogens with zero attached hydrogens (tertiary/aromatic N) is 3. The van der Waals surface area contributed by atoms with Crippen molar-refractivity contribution in [3.8, 4) is 0 Å². The summed E-state index contributed by atoms with van der Waals surface area (Å²) in [6.07, 6.45) is 8.20. The molecule has 2 aliphatic heterocycles. The third kappa shape index (κ3) is 2.38. The fraction of sp³-hybridized carbons (Fsp3) is 0.529. The molecule has 2 aliphatic rings. The summed E-state index contributed by atoms with van der Waals surface area (Å²) in [5, 5.41) is 4.82. The Labute approximate surface area is 125 Å². The molecule has 0 saturated carbocycles. The van der Waals surface area contributed by atoms with Crippen molar-refractivity contribution >= 4 is 16.7 Å². The van der Waals surface area contributed by atoms with Crippen molar-refractivity contribution in [2.45, 2.75) is 50.2 Å². The van der Waals surface area contributed by atoms with Gasteiger partial charge in [0, 0.05) is 23.5 Å². The summed E-state index contributed by atoms with van der Waals surface area (Å²) in [5.41, 5.74) is 1.02. The summed E-state index contributed by atoms with van der Waals surface area (Å²) in [5.74, 6) is 0.994. The number of aromatic nitrogens is 2. The van der Waals surface area contributed by atoms with Gasteiger partial charge in [0.25, 0.3) is 0 Å². The van der Waals surface area contributed by atoms with Crippen LogP contribution in [-0.4, -0.2) is 40.0 Å². The van der Waals surface area contributed by atoms with E-state index in [-0.39, 0.29) is 0 Å². The average Bonchev–Trinajstić information content (AvgIpc) is 2.49. The third-order valence-electron chi connectivity index (χ3n) is 5.22. The van der Waals surface area contributed by atoms with E-state index in [1.165, 1.54) is 32.1 Å². The average molecular weight is 282 g/mol. The van der Waals surface area contributed by atoms with Crippen LogP contribution in [0.5, 0.6) is 0 Å². The Kier molecular flexibility index (Phi) is 3.26. The van der Waals surface area contributed by atoms with E-state index in [1.807, 2.05) is 12.1 Å². The number of nitrogens with one attached hydrogen (secondary N) is 1. The van der Waals surface area contributed by atoms with Crippen molar-refractivity contribution in [1.29, 1.82) is 0 Å². The van der Waals surface area contributed by atoms with Crippen molar-refractivity contribution in [3.63, 3.8) is 0 Å². The molecule has 2 unspecified atom stereocenters. The zero-order chi connectivity index (χ0) is 14.2. The molecule has 1 N–H and O–H groups in total. The predicted octanol–water partition coefficient (Wildman–Crippen LogP) is 3.06. The van der Waals surface area contributed by atoms with Crippen LogP contribution >= 0.6 is 0 Å². The number of fused-ring (bicyclic) bond motifs is 3. The van der Waals surface area contributed by atoms with Gasteiger partial charge < -0.3 is 10.2 Å². The van der Waals surface area contributed by atoms with Crippen molar-refractivity contribution < 1.29 is 0 Å². The van der Waals surface area contributed by atoms with Crippen LogP contribution in [0.25, 0.3) is 10.9 Å². The van der Waals surface area contributed by atoms with Crippen LogP contribution in [0.15, 0.2) is 30.6 Å². The van der Waals surface area contributed by atoms with Crippen molar-refractivity contribution in [3.05, 3.63) is 30.6 Å². The zero-order valence-electron chi connectivity index (χ0n) is 12.5. The largest absolute Gasteiger partial charge is 0.367 e. The molecule has 1 aromatic carbocycles. The first-order valence-corrected chi connectivity index (χ1v) is 7.99. The second-order valence-corrected chi connectivity index (χ2v) is 6.46. The molecule has 4 heteroatoms. The van der Waals surface area contributed by atoms with Gasteiger partial charge in [-0.1, -0.05) is 18.6 Å². The molecule has 2 saturated heterocycles. The van der Waals surface area contributed by atoms with E-state index in [2.05, 4.69) is 39.4 Å². The summed E-state index contributed by atoms with van der Waals surface area (Å²) in [4.78, 5) is 11.4. The Bertz CT molecular complexity index is 622. The molecule has 3 heterocycles. The standard InChI is InChI=1S/C17H22N4/c1-21-13-5-4-6-14(21)10-12(9-13)20-17-15-7-2-3-8-16(15)18-11-19-17/h2-3,7-8,11-14H,4-6,9-10H2,1H3,(H,18,19,20). The molecule has 0 amide bonds. The molecule has 0 spiro atoms. The summed E-state index contributed by atoms with van der Waals surface area (Å²) in [7, 11) is 2.30. The highest BCUT2D eigenvalue weighted by atomic mass is 15.2. The summed E-state index contributed by atoms with van der Waals surface area (Å²) < 4.78 is 0. The fourth-order valence-corrected chi connectivity index (χ4v) is 4.05. The molecule has 21 heavy (non-hydrogen) atoms. The maximum Gasteiger partial charge on any atom is 0.137 e. The van der Waals surface area contributed by atoms with E-state index in [1.54, 1.807) is 6.33 Å². The zero-order valence-corrected chi connectivity index (χ0v) is 12.5. The first-order valence-electron chi connectivity index (χ1n) is 7.99. The van der Waals surface area contributed by atoms with Gasteiger partial charge >= 0.3 is 0 Å². The maximum absolute atomic E-state index is 4.48. The Morgan fingerprint density at radius 2 is 1.86 bits per heavy atom. The highest BCUT2D eigenvalue weighted by Crippen LogP contribution is 2.34. The van der Waals surface area contributed by atoms with Crippen LogP contribution in [0.3, 0.4) is 0 Å². The Morgan fingerprint density at radius 3 is 2.67 bits per heavy atom. The van der Waals surface area contributed by atoms with E-state index < -0.39 is 0 Å². The van der Waals surface area contributed by atoms with Crippen molar-refractivity contribution in [1.82, 2.24) is 14.9 Å². The summed E-state index contributed by atoms with van der Waals surface area (Å²) in [6, 6.07) is 10.2. The lowest BCUT2D eigenvalue weighted by molar-refractivity contribution is 0.0608. The van der Waals surface area contributed by atoms with Gasteiger partial charge in [-0.25, -0.2) is 9.97 Å².